The predicted octanol–water partition coefficient (Wildman–Crippen LogP) is 7.41. The third-order valence-electron chi connectivity index (χ3n) is 3.61. The fourth-order valence-electron chi connectivity index (χ4n) is 2.22. The van der Waals surface area contributed by atoms with Gasteiger partial charge in [0, 0.05) is 10.6 Å². The molecule has 0 aliphatic rings. The Kier molecular flexibility index (Phi) is 13.0. The van der Waals surface area contributed by atoms with E-state index >= 15 is 0 Å². The molecule has 2 aromatic carbocycles. The fraction of sp³-hybridized carbons (Fsp3) is 0.409. The molecule has 0 radical (unpaired) electrons. The minimum absolute atomic E-state index is 0.621. The lowest BCUT2D eigenvalue weighted by atomic mass is 9.97. The van der Waals surface area contributed by atoms with Crippen molar-refractivity contribution in [3.8, 4) is 0 Å². The Bertz CT molecular complexity index is 546. The van der Waals surface area contributed by atoms with Crippen LogP contribution in [0.15, 0.2) is 59.5 Å². The lowest BCUT2D eigenvalue weighted by Gasteiger charge is -2.10. The van der Waals surface area contributed by atoms with Gasteiger partial charge in [-0.1, -0.05) is 76.6 Å². The summed E-state index contributed by atoms with van der Waals surface area (Å²) in [4.78, 5) is 1.35. The van der Waals surface area contributed by atoms with Crippen molar-refractivity contribution in [2.45, 2.75) is 58.3 Å². The second-order valence-electron chi connectivity index (χ2n) is 5.45. The standard InChI is InChI=1S/C12H18S.C8H9N.C2H6/c1-4-5-10(2)11-6-8-12(13-3)9-7-11;1-7(9)8-5-3-2-4-6-8;1-2/h6-10H,4-5H2,1-3H3;2-6,9H,1H3;1-2H3. The minimum atomic E-state index is 0.621. The van der Waals surface area contributed by atoms with Gasteiger partial charge < -0.3 is 5.41 Å². The van der Waals surface area contributed by atoms with Gasteiger partial charge in [0.15, 0.2) is 0 Å². The van der Waals surface area contributed by atoms with E-state index in [0.29, 0.717) is 11.6 Å². The Morgan fingerprint density at radius 2 is 1.54 bits per heavy atom. The summed E-state index contributed by atoms with van der Waals surface area (Å²) in [6.07, 6.45) is 4.68. The minimum Gasteiger partial charge on any atom is -0.305 e. The van der Waals surface area contributed by atoms with Crippen molar-refractivity contribution in [3.63, 3.8) is 0 Å². The van der Waals surface area contributed by atoms with Gasteiger partial charge in [0.2, 0.25) is 0 Å². The molecule has 0 aliphatic carbocycles. The van der Waals surface area contributed by atoms with Crippen molar-refractivity contribution in [3.05, 3.63) is 65.7 Å². The molecule has 0 saturated carbocycles. The molecule has 0 aliphatic heterocycles. The summed E-state index contributed by atoms with van der Waals surface area (Å²) in [5, 5.41) is 7.24. The first-order valence-electron chi connectivity index (χ1n) is 8.83. The van der Waals surface area contributed by atoms with E-state index in [1.807, 2.05) is 44.2 Å². The highest BCUT2D eigenvalue weighted by Gasteiger charge is 2.03. The number of benzene rings is 2. The Morgan fingerprint density at radius 3 is 1.92 bits per heavy atom. The van der Waals surface area contributed by atoms with Crippen LogP contribution in [-0.2, 0) is 0 Å². The maximum atomic E-state index is 7.24. The molecular weight excluding hydrogens is 310 g/mol. The van der Waals surface area contributed by atoms with E-state index < -0.39 is 0 Å². The summed E-state index contributed by atoms with van der Waals surface area (Å²) in [6.45, 7) is 10.3. The van der Waals surface area contributed by atoms with Gasteiger partial charge in [0.1, 0.15) is 0 Å². The Balaban J connectivity index is 0.000000420. The maximum absolute atomic E-state index is 7.24. The van der Waals surface area contributed by atoms with Crippen LogP contribution in [0.2, 0.25) is 0 Å². The lowest BCUT2D eigenvalue weighted by Crippen LogP contribution is -1.91. The number of nitrogens with one attached hydrogen (secondary N) is 1. The van der Waals surface area contributed by atoms with Gasteiger partial charge in [-0.15, -0.1) is 11.8 Å². The molecule has 1 N–H and O–H groups in total. The second kappa shape index (κ2) is 13.9. The van der Waals surface area contributed by atoms with Gasteiger partial charge in [0.05, 0.1) is 0 Å². The molecule has 0 amide bonds. The van der Waals surface area contributed by atoms with Crippen LogP contribution in [0.3, 0.4) is 0 Å². The zero-order chi connectivity index (χ0) is 18.4. The zero-order valence-electron chi connectivity index (χ0n) is 16.1. The Morgan fingerprint density at radius 1 is 1.00 bits per heavy atom. The van der Waals surface area contributed by atoms with Crippen molar-refractivity contribution < 1.29 is 0 Å². The normalized spacial score (nSPS) is 10.6. The van der Waals surface area contributed by atoms with Gasteiger partial charge in [-0.2, -0.15) is 0 Å². The molecule has 2 rings (SSSR count). The number of hydrogen-bond acceptors (Lipinski definition) is 2. The van der Waals surface area contributed by atoms with Crippen LogP contribution in [-0.4, -0.2) is 12.0 Å². The Labute approximate surface area is 153 Å². The average molecular weight is 344 g/mol. The van der Waals surface area contributed by atoms with Crippen LogP contribution in [0.1, 0.15) is 64.5 Å². The van der Waals surface area contributed by atoms with Crippen molar-refractivity contribution in [2.24, 2.45) is 0 Å². The van der Waals surface area contributed by atoms with Gasteiger partial charge in [-0.3, -0.25) is 0 Å². The lowest BCUT2D eigenvalue weighted by molar-refractivity contribution is 0.664. The number of rotatable bonds is 5. The van der Waals surface area contributed by atoms with E-state index in [-0.39, 0.29) is 0 Å². The monoisotopic (exact) mass is 343 g/mol. The van der Waals surface area contributed by atoms with E-state index in [9.17, 15) is 0 Å². The molecule has 2 heteroatoms. The van der Waals surface area contributed by atoms with Crippen LogP contribution in [0.25, 0.3) is 0 Å². The van der Waals surface area contributed by atoms with E-state index in [4.69, 9.17) is 5.41 Å². The molecule has 1 atom stereocenters. The molecule has 0 bridgehead atoms. The van der Waals surface area contributed by atoms with Crippen LogP contribution in [0, 0.1) is 5.41 Å². The van der Waals surface area contributed by atoms with E-state index in [1.54, 1.807) is 18.7 Å². The van der Waals surface area contributed by atoms with Gasteiger partial charge in [-0.25, -0.2) is 0 Å². The van der Waals surface area contributed by atoms with Crippen LogP contribution in [0.4, 0.5) is 0 Å². The summed E-state index contributed by atoms with van der Waals surface area (Å²) < 4.78 is 0. The summed E-state index contributed by atoms with van der Waals surface area (Å²) in [7, 11) is 0. The SMILES string of the molecule is CC.CC(=N)c1ccccc1.CCCC(C)c1ccc(SC)cc1. The van der Waals surface area contributed by atoms with Crippen molar-refractivity contribution in [1.82, 2.24) is 0 Å². The summed E-state index contributed by atoms with van der Waals surface area (Å²) in [6, 6.07) is 18.6. The first-order chi connectivity index (χ1) is 11.6. The summed E-state index contributed by atoms with van der Waals surface area (Å²) >= 11 is 1.80. The van der Waals surface area contributed by atoms with Crippen LogP contribution in [0.5, 0.6) is 0 Å². The molecule has 0 fully saturated rings. The second-order valence-corrected chi connectivity index (χ2v) is 6.33. The topological polar surface area (TPSA) is 23.9 Å². The van der Waals surface area contributed by atoms with Crippen molar-refractivity contribution in [2.75, 3.05) is 6.26 Å². The van der Waals surface area contributed by atoms with E-state index in [2.05, 4.69) is 44.4 Å². The van der Waals surface area contributed by atoms with Gasteiger partial charge >= 0.3 is 0 Å². The predicted molar refractivity (Wildman–Crippen MR) is 112 cm³/mol. The van der Waals surface area contributed by atoms with E-state index in [0.717, 1.165) is 5.56 Å². The molecule has 1 unspecified atom stereocenters. The molecule has 0 aromatic heterocycles. The Hall–Kier alpha value is -1.54. The summed E-state index contributed by atoms with van der Waals surface area (Å²) in [5.74, 6) is 0.709. The largest absolute Gasteiger partial charge is 0.305 e. The first kappa shape index (κ1) is 22.5. The smallest absolute Gasteiger partial charge is 0.0355 e. The molecule has 2 aromatic rings. The number of hydrogen-bond donors (Lipinski definition) is 1. The maximum Gasteiger partial charge on any atom is 0.0355 e. The fourth-order valence-corrected chi connectivity index (χ4v) is 2.63. The first-order valence-corrected chi connectivity index (χ1v) is 10.1. The van der Waals surface area contributed by atoms with Crippen LogP contribution >= 0.6 is 11.8 Å². The number of thioether (sulfide) groups is 1. The highest BCUT2D eigenvalue weighted by molar-refractivity contribution is 7.98. The third kappa shape index (κ3) is 8.93. The quantitative estimate of drug-likeness (QED) is 0.443. The van der Waals surface area contributed by atoms with Crippen molar-refractivity contribution >= 4 is 17.5 Å². The van der Waals surface area contributed by atoms with Crippen LogP contribution < -0.4 is 0 Å². The average Bonchev–Trinajstić information content (AvgIpc) is 2.65. The molecule has 24 heavy (non-hydrogen) atoms. The highest BCUT2D eigenvalue weighted by Crippen LogP contribution is 2.23. The molecule has 132 valence electrons. The highest BCUT2D eigenvalue weighted by atomic mass is 32.2. The molecule has 1 nitrogen and oxygen atoms in total. The molecular formula is C22H33NS. The zero-order valence-corrected chi connectivity index (χ0v) is 16.9. The van der Waals surface area contributed by atoms with Gasteiger partial charge in [-0.05, 0) is 48.8 Å². The third-order valence-corrected chi connectivity index (χ3v) is 4.36. The van der Waals surface area contributed by atoms with Gasteiger partial charge in [0.25, 0.3) is 0 Å². The molecule has 0 heterocycles. The van der Waals surface area contributed by atoms with Crippen molar-refractivity contribution in [1.29, 1.82) is 5.41 Å². The van der Waals surface area contributed by atoms with E-state index in [1.165, 1.54) is 23.3 Å². The molecule has 0 saturated heterocycles. The summed E-state index contributed by atoms with van der Waals surface area (Å²) in [5.41, 5.74) is 3.09. The molecule has 0 spiro atoms.